The third-order valence-corrected chi connectivity index (χ3v) is 5.22. The van der Waals surface area contributed by atoms with Crippen LogP contribution in [0, 0.1) is 0 Å². The molecule has 0 spiro atoms. The lowest BCUT2D eigenvalue weighted by molar-refractivity contribution is 0.412. The van der Waals surface area contributed by atoms with Crippen molar-refractivity contribution in [1.29, 1.82) is 0 Å². The minimum absolute atomic E-state index is 0.130. The van der Waals surface area contributed by atoms with E-state index in [-0.39, 0.29) is 11.3 Å². The van der Waals surface area contributed by atoms with Gasteiger partial charge in [-0.3, -0.25) is 0 Å². The first-order valence-corrected chi connectivity index (χ1v) is 7.95. The van der Waals surface area contributed by atoms with Crippen LogP contribution in [0.3, 0.4) is 0 Å². The van der Waals surface area contributed by atoms with Gasteiger partial charge in [-0.15, -0.1) is 0 Å². The van der Waals surface area contributed by atoms with Gasteiger partial charge in [0.25, 0.3) is 0 Å². The van der Waals surface area contributed by atoms with E-state index in [1.807, 2.05) is 25.2 Å². The molecule has 0 radical (unpaired) electrons. The molecule has 0 heterocycles. The van der Waals surface area contributed by atoms with Gasteiger partial charge in [-0.2, -0.15) is 0 Å². The fourth-order valence-electron chi connectivity index (χ4n) is 2.70. The van der Waals surface area contributed by atoms with Gasteiger partial charge in [-0.25, -0.2) is 8.42 Å². The van der Waals surface area contributed by atoms with E-state index in [4.69, 9.17) is 4.74 Å². The first kappa shape index (κ1) is 13.4. The van der Waals surface area contributed by atoms with Gasteiger partial charge in [0.2, 0.25) is 0 Å². The summed E-state index contributed by atoms with van der Waals surface area (Å²) in [6, 6.07) is 5.72. The lowest BCUT2D eigenvalue weighted by atomic mass is 9.87. The van der Waals surface area contributed by atoms with E-state index in [9.17, 15) is 8.42 Å². The van der Waals surface area contributed by atoms with Crippen molar-refractivity contribution in [1.82, 2.24) is 5.32 Å². The summed E-state index contributed by atoms with van der Waals surface area (Å²) in [6.07, 6.45) is 2.75. The Morgan fingerprint density at radius 2 is 2.11 bits per heavy atom. The van der Waals surface area contributed by atoms with Crippen LogP contribution in [-0.2, 0) is 16.3 Å². The molecule has 4 nitrogen and oxygen atoms in total. The molecular formula is C13H19NO3S. The molecule has 0 fully saturated rings. The summed E-state index contributed by atoms with van der Waals surface area (Å²) in [5.74, 6) is 0.821. The van der Waals surface area contributed by atoms with E-state index in [1.165, 1.54) is 11.8 Å². The quantitative estimate of drug-likeness (QED) is 0.899. The molecule has 100 valence electrons. The fourth-order valence-corrected chi connectivity index (χ4v) is 4.02. The summed E-state index contributed by atoms with van der Waals surface area (Å²) in [7, 11) is 0.407. The molecule has 5 heteroatoms. The van der Waals surface area contributed by atoms with Crippen LogP contribution in [0.1, 0.15) is 23.6 Å². The third kappa shape index (κ3) is 2.37. The maximum Gasteiger partial charge on any atom is 0.152 e. The van der Waals surface area contributed by atoms with Crippen LogP contribution >= 0.6 is 0 Å². The van der Waals surface area contributed by atoms with Crippen LogP contribution < -0.4 is 10.1 Å². The zero-order valence-electron chi connectivity index (χ0n) is 10.9. The van der Waals surface area contributed by atoms with Crippen LogP contribution in [0.4, 0.5) is 0 Å². The first-order chi connectivity index (χ1) is 8.47. The Morgan fingerprint density at radius 1 is 1.39 bits per heavy atom. The number of methoxy groups -OCH3 is 1. The number of hydrogen-bond acceptors (Lipinski definition) is 4. The Hall–Kier alpha value is -1.07. The smallest absolute Gasteiger partial charge is 0.152 e. The van der Waals surface area contributed by atoms with Gasteiger partial charge < -0.3 is 10.1 Å². The summed E-state index contributed by atoms with van der Waals surface area (Å²) < 4.78 is 28.9. The standard InChI is InChI=1S/C13H19NO3S/c1-14-13-11-6-5-10(17-2)8-9(11)4-7-12(13)18(3,15)16/h5-6,8,12-14H,4,7H2,1-3H3. The molecule has 0 saturated heterocycles. The number of benzene rings is 1. The van der Waals surface area contributed by atoms with E-state index >= 15 is 0 Å². The highest BCUT2D eigenvalue weighted by Crippen LogP contribution is 2.35. The topological polar surface area (TPSA) is 55.4 Å². The molecule has 0 saturated carbocycles. The second-order valence-electron chi connectivity index (χ2n) is 4.74. The lowest BCUT2D eigenvalue weighted by Gasteiger charge is -2.32. The first-order valence-electron chi connectivity index (χ1n) is 6.00. The van der Waals surface area contributed by atoms with Crippen molar-refractivity contribution in [2.24, 2.45) is 0 Å². The minimum Gasteiger partial charge on any atom is -0.497 e. The third-order valence-electron chi connectivity index (χ3n) is 3.62. The summed E-state index contributed by atoms with van der Waals surface area (Å²) in [5.41, 5.74) is 2.24. The van der Waals surface area contributed by atoms with E-state index in [0.29, 0.717) is 6.42 Å². The highest BCUT2D eigenvalue weighted by atomic mass is 32.2. The molecule has 2 atom stereocenters. The Kier molecular flexibility index (Phi) is 3.64. The predicted octanol–water partition coefficient (Wildman–Crippen LogP) is 1.32. The largest absolute Gasteiger partial charge is 0.497 e. The minimum atomic E-state index is -3.04. The number of rotatable bonds is 3. The molecule has 0 aliphatic heterocycles. The van der Waals surface area contributed by atoms with Crippen molar-refractivity contribution >= 4 is 9.84 Å². The highest BCUT2D eigenvalue weighted by molar-refractivity contribution is 7.91. The van der Waals surface area contributed by atoms with E-state index in [2.05, 4.69) is 5.32 Å². The van der Waals surface area contributed by atoms with Crippen LogP contribution in [0.2, 0.25) is 0 Å². The van der Waals surface area contributed by atoms with Crippen LogP contribution in [0.5, 0.6) is 5.75 Å². The summed E-state index contributed by atoms with van der Waals surface area (Å²) in [4.78, 5) is 0. The molecule has 2 rings (SSSR count). The maximum absolute atomic E-state index is 11.8. The van der Waals surface area contributed by atoms with Crippen molar-refractivity contribution in [3.05, 3.63) is 29.3 Å². The second kappa shape index (κ2) is 4.90. The normalized spacial score (nSPS) is 23.5. The summed E-state index contributed by atoms with van der Waals surface area (Å²) in [6.45, 7) is 0. The molecule has 1 aromatic rings. The second-order valence-corrected chi connectivity index (χ2v) is 7.00. The number of sulfone groups is 1. The van der Waals surface area contributed by atoms with Crippen molar-refractivity contribution in [2.75, 3.05) is 20.4 Å². The van der Waals surface area contributed by atoms with Crippen LogP contribution in [-0.4, -0.2) is 34.1 Å². The monoisotopic (exact) mass is 269 g/mol. The molecular weight excluding hydrogens is 250 g/mol. The van der Waals surface area contributed by atoms with Gasteiger partial charge in [-0.1, -0.05) is 6.07 Å². The van der Waals surface area contributed by atoms with Crippen molar-refractivity contribution in [3.8, 4) is 5.75 Å². The van der Waals surface area contributed by atoms with Gasteiger partial charge in [0, 0.05) is 12.3 Å². The number of aryl methyl sites for hydroxylation is 1. The molecule has 0 aromatic heterocycles. The average molecular weight is 269 g/mol. The Balaban J connectivity index is 2.44. The molecule has 0 bridgehead atoms. The number of nitrogens with one attached hydrogen (secondary N) is 1. The van der Waals surface area contributed by atoms with Crippen LogP contribution in [0.15, 0.2) is 18.2 Å². The average Bonchev–Trinajstić information content (AvgIpc) is 2.35. The number of hydrogen-bond donors (Lipinski definition) is 1. The predicted molar refractivity (Wildman–Crippen MR) is 71.7 cm³/mol. The van der Waals surface area contributed by atoms with E-state index in [0.717, 1.165) is 17.7 Å². The maximum atomic E-state index is 11.8. The lowest BCUT2D eigenvalue weighted by Crippen LogP contribution is -2.38. The summed E-state index contributed by atoms with van der Waals surface area (Å²) >= 11 is 0. The number of fused-ring (bicyclic) bond motifs is 1. The SMILES string of the molecule is CNC1c2ccc(OC)cc2CCC1S(C)(=O)=O. The zero-order valence-corrected chi connectivity index (χ0v) is 11.8. The Morgan fingerprint density at radius 3 is 2.67 bits per heavy atom. The molecule has 18 heavy (non-hydrogen) atoms. The van der Waals surface area contributed by atoms with Crippen molar-refractivity contribution in [3.63, 3.8) is 0 Å². The van der Waals surface area contributed by atoms with Gasteiger partial charge in [-0.05, 0) is 43.1 Å². The molecule has 1 N–H and O–H groups in total. The zero-order chi connectivity index (χ0) is 13.3. The van der Waals surface area contributed by atoms with Gasteiger partial charge >= 0.3 is 0 Å². The van der Waals surface area contributed by atoms with Crippen molar-refractivity contribution in [2.45, 2.75) is 24.1 Å². The molecule has 1 aliphatic rings. The fraction of sp³-hybridized carbons (Fsp3) is 0.538. The molecule has 1 aromatic carbocycles. The molecule has 1 aliphatic carbocycles. The Labute approximate surface area is 108 Å². The Bertz CT molecular complexity index is 539. The van der Waals surface area contributed by atoms with E-state index < -0.39 is 9.84 Å². The molecule has 2 unspecified atom stereocenters. The van der Waals surface area contributed by atoms with Crippen molar-refractivity contribution < 1.29 is 13.2 Å². The highest BCUT2D eigenvalue weighted by Gasteiger charge is 2.35. The van der Waals surface area contributed by atoms with Gasteiger partial charge in [0.1, 0.15) is 5.75 Å². The van der Waals surface area contributed by atoms with E-state index in [1.54, 1.807) is 7.11 Å². The van der Waals surface area contributed by atoms with Crippen LogP contribution in [0.25, 0.3) is 0 Å². The van der Waals surface area contributed by atoms with Gasteiger partial charge in [0.15, 0.2) is 9.84 Å². The number of ether oxygens (including phenoxy) is 1. The van der Waals surface area contributed by atoms with Gasteiger partial charge in [0.05, 0.1) is 12.4 Å². The molecule has 0 amide bonds. The summed E-state index contributed by atoms with van der Waals surface area (Å²) in [5, 5.41) is 2.79.